The van der Waals surface area contributed by atoms with Crippen molar-refractivity contribution >= 4 is 17.5 Å². The van der Waals surface area contributed by atoms with Gasteiger partial charge in [-0.05, 0) is 38.1 Å². The number of hydrogen-bond acceptors (Lipinski definition) is 4. The standard InChI is InChI=1S/C18H20N2O4/c1-12-10-20(11-13(2)24-12)18(22)14-6-3-4-7-15(14)19-17(21)16-8-5-9-23-16/h3-9,12-13H,10-11H2,1-2H3,(H,19,21). The Balaban J connectivity index is 1.81. The summed E-state index contributed by atoms with van der Waals surface area (Å²) in [7, 11) is 0. The van der Waals surface area contributed by atoms with Crippen LogP contribution in [0.2, 0.25) is 0 Å². The second-order valence-corrected chi connectivity index (χ2v) is 5.94. The highest BCUT2D eigenvalue weighted by molar-refractivity contribution is 6.07. The number of morpholine rings is 1. The highest BCUT2D eigenvalue weighted by Gasteiger charge is 2.28. The molecule has 6 nitrogen and oxygen atoms in total. The van der Waals surface area contributed by atoms with Gasteiger partial charge in [-0.1, -0.05) is 12.1 Å². The molecule has 2 amide bonds. The average molecular weight is 328 g/mol. The van der Waals surface area contributed by atoms with E-state index in [9.17, 15) is 9.59 Å². The first kappa shape index (κ1) is 16.3. The van der Waals surface area contributed by atoms with E-state index >= 15 is 0 Å². The SMILES string of the molecule is CC1CN(C(=O)c2ccccc2NC(=O)c2ccco2)CC(C)O1. The van der Waals surface area contributed by atoms with E-state index < -0.39 is 0 Å². The van der Waals surface area contributed by atoms with Gasteiger partial charge in [-0.3, -0.25) is 9.59 Å². The Morgan fingerprint density at radius 1 is 1.08 bits per heavy atom. The first-order chi connectivity index (χ1) is 11.5. The molecule has 2 atom stereocenters. The molecular formula is C18H20N2O4. The summed E-state index contributed by atoms with van der Waals surface area (Å²) in [6.07, 6.45) is 1.41. The van der Waals surface area contributed by atoms with Gasteiger partial charge >= 0.3 is 0 Å². The minimum atomic E-state index is -0.385. The molecule has 1 aromatic carbocycles. The summed E-state index contributed by atoms with van der Waals surface area (Å²) < 4.78 is 10.8. The van der Waals surface area contributed by atoms with Crippen LogP contribution in [0.1, 0.15) is 34.8 Å². The lowest BCUT2D eigenvalue weighted by Gasteiger charge is -2.35. The van der Waals surface area contributed by atoms with Crippen molar-refractivity contribution < 1.29 is 18.7 Å². The maximum absolute atomic E-state index is 12.9. The third kappa shape index (κ3) is 3.49. The van der Waals surface area contributed by atoms with E-state index in [1.165, 1.54) is 6.26 Å². The van der Waals surface area contributed by atoms with E-state index in [2.05, 4.69) is 5.32 Å². The van der Waals surface area contributed by atoms with E-state index in [1.807, 2.05) is 13.8 Å². The number of furan rings is 1. The van der Waals surface area contributed by atoms with Crippen molar-refractivity contribution in [3.8, 4) is 0 Å². The van der Waals surface area contributed by atoms with Crippen LogP contribution in [-0.2, 0) is 4.74 Å². The smallest absolute Gasteiger partial charge is 0.291 e. The van der Waals surface area contributed by atoms with Gasteiger partial charge in [0.25, 0.3) is 11.8 Å². The average Bonchev–Trinajstić information content (AvgIpc) is 3.08. The molecule has 1 aromatic heterocycles. The molecule has 0 aliphatic carbocycles. The van der Waals surface area contributed by atoms with Crippen LogP contribution in [0.5, 0.6) is 0 Å². The monoisotopic (exact) mass is 328 g/mol. The third-order valence-electron chi connectivity index (χ3n) is 3.86. The Morgan fingerprint density at radius 3 is 2.46 bits per heavy atom. The molecule has 3 rings (SSSR count). The van der Waals surface area contributed by atoms with E-state index in [0.29, 0.717) is 24.3 Å². The molecule has 0 spiro atoms. The summed E-state index contributed by atoms with van der Waals surface area (Å²) in [6.45, 7) is 4.95. The van der Waals surface area contributed by atoms with Gasteiger partial charge in [0.2, 0.25) is 0 Å². The fraction of sp³-hybridized carbons (Fsp3) is 0.333. The van der Waals surface area contributed by atoms with Crippen molar-refractivity contribution in [2.75, 3.05) is 18.4 Å². The fourth-order valence-corrected chi connectivity index (χ4v) is 2.88. The Morgan fingerprint density at radius 2 is 1.79 bits per heavy atom. The normalized spacial score (nSPS) is 20.7. The molecule has 126 valence electrons. The lowest BCUT2D eigenvalue weighted by Crippen LogP contribution is -2.48. The first-order valence-corrected chi connectivity index (χ1v) is 7.93. The Bertz CT molecular complexity index is 716. The van der Waals surface area contributed by atoms with Crippen molar-refractivity contribution in [2.24, 2.45) is 0 Å². The third-order valence-corrected chi connectivity index (χ3v) is 3.86. The second-order valence-electron chi connectivity index (χ2n) is 5.94. The van der Waals surface area contributed by atoms with Crippen LogP contribution >= 0.6 is 0 Å². The molecule has 2 heterocycles. The highest BCUT2D eigenvalue weighted by atomic mass is 16.5. The van der Waals surface area contributed by atoms with E-state index in [1.54, 1.807) is 41.3 Å². The zero-order chi connectivity index (χ0) is 17.1. The Hall–Kier alpha value is -2.60. The van der Waals surface area contributed by atoms with Crippen LogP contribution in [0, 0.1) is 0 Å². The predicted octanol–water partition coefficient (Wildman–Crippen LogP) is 2.78. The molecular weight excluding hydrogens is 308 g/mol. The van der Waals surface area contributed by atoms with Crippen LogP contribution in [0.3, 0.4) is 0 Å². The molecule has 0 bridgehead atoms. The number of anilines is 1. The number of benzene rings is 1. The van der Waals surface area contributed by atoms with Gasteiger partial charge in [0.05, 0.1) is 29.7 Å². The minimum Gasteiger partial charge on any atom is -0.459 e. The van der Waals surface area contributed by atoms with E-state index in [-0.39, 0.29) is 29.8 Å². The maximum Gasteiger partial charge on any atom is 0.291 e. The summed E-state index contributed by atoms with van der Waals surface area (Å²) in [5.41, 5.74) is 0.925. The summed E-state index contributed by atoms with van der Waals surface area (Å²) in [5, 5.41) is 2.74. The number of carbonyl (C=O) groups is 2. The quantitative estimate of drug-likeness (QED) is 0.940. The zero-order valence-electron chi connectivity index (χ0n) is 13.7. The molecule has 0 radical (unpaired) electrons. The summed E-state index contributed by atoms with van der Waals surface area (Å²) in [5.74, 6) is -0.304. The molecule has 2 unspecified atom stereocenters. The van der Waals surface area contributed by atoms with Gasteiger partial charge in [0.15, 0.2) is 5.76 Å². The molecule has 1 aliphatic heterocycles. The number of hydrogen-bond donors (Lipinski definition) is 1. The van der Waals surface area contributed by atoms with Gasteiger partial charge in [0, 0.05) is 13.1 Å². The van der Waals surface area contributed by atoms with Crippen molar-refractivity contribution in [3.63, 3.8) is 0 Å². The van der Waals surface area contributed by atoms with Gasteiger partial charge in [-0.2, -0.15) is 0 Å². The maximum atomic E-state index is 12.9. The number of amides is 2. The number of carbonyl (C=O) groups excluding carboxylic acids is 2. The van der Waals surface area contributed by atoms with Crippen LogP contribution in [0.15, 0.2) is 47.1 Å². The molecule has 0 saturated carbocycles. The predicted molar refractivity (Wildman–Crippen MR) is 89.0 cm³/mol. The number of ether oxygens (including phenoxy) is 1. The van der Waals surface area contributed by atoms with E-state index in [4.69, 9.17) is 9.15 Å². The topological polar surface area (TPSA) is 71.8 Å². The van der Waals surface area contributed by atoms with Crippen LogP contribution in [-0.4, -0.2) is 42.0 Å². The van der Waals surface area contributed by atoms with E-state index in [0.717, 1.165) is 0 Å². The molecule has 1 aliphatic rings. The summed E-state index contributed by atoms with van der Waals surface area (Å²) >= 11 is 0. The molecule has 1 N–H and O–H groups in total. The van der Waals surface area contributed by atoms with Crippen LogP contribution in [0.4, 0.5) is 5.69 Å². The molecule has 1 saturated heterocycles. The first-order valence-electron chi connectivity index (χ1n) is 7.93. The number of nitrogens with zero attached hydrogens (tertiary/aromatic N) is 1. The number of rotatable bonds is 3. The minimum absolute atomic E-state index is 0.0115. The molecule has 2 aromatic rings. The summed E-state index contributed by atoms with van der Waals surface area (Å²) in [6, 6.07) is 10.2. The molecule has 1 fully saturated rings. The van der Waals surface area contributed by atoms with Crippen LogP contribution in [0.25, 0.3) is 0 Å². The lowest BCUT2D eigenvalue weighted by atomic mass is 10.1. The largest absolute Gasteiger partial charge is 0.459 e. The summed E-state index contributed by atoms with van der Waals surface area (Å²) in [4.78, 5) is 26.8. The fourth-order valence-electron chi connectivity index (χ4n) is 2.88. The van der Waals surface area contributed by atoms with Gasteiger partial charge in [0.1, 0.15) is 0 Å². The number of nitrogens with one attached hydrogen (secondary N) is 1. The molecule has 6 heteroatoms. The van der Waals surface area contributed by atoms with Crippen molar-refractivity contribution in [3.05, 3.63) is 54.0 Å². The van der Waals surface area contributed by atoms with Gasteiger partial charge in [-0.25, -0.2) is 0 Å². The van der Waals surface area contributed by atoms with Gasteiger partial charge in [-0.15, -0.1) is 0 Å². The Kier molecular flexibility index (Phi) is 4.66. The van der Waals surface area contributed by atoms with Crippen LogP contribution < -0.4 is 5.32 Å². The highest BCUT2D eigenvalue weighted by Crippen LogP contribution is 2.21. The Labute approximate surface area is 140 Å². The van der Waals surface area contributed by atoms with Crippen molar-refractivity contribution in [1.82, 2.24) is 4.90 Å². The lowest BCUT2D eigenvalue weighted by molar-refractivity contribution is -0.0585. The number of para-hydroxylation sites is 1. The molecule has 24 heavy (non-hydrogen) atoms. The second kappa shape index (κ2) is 6.88. The van der Waals surface area contributed by atoms with Crippen molar-refractivity contribution in [1.29, 1.82) is 0 Å². The zero-order valence-corrected chi connectivity index (χ0v) is 13.7. The van der Waals surface area contributed by atoms with Gasteiger partial charge < -0.3 is 19.4 Å². The van der Waals surface area contributed by atoms with Crippen molar-refractivity contribution in [2.45, 2.75) is 26.1 Å².